The number of amides is 1. The van der Waals surface area contributed by atoms with E-state index in [0.717, 1.165) is 17.9 Å². The lowest BCUT2D eigenvalue weighted by molar-refractivity contribution is -0.125. The van der Waals surface area contributed by atoms with Crippen LogP contribution in [0.4, 0.5) is 0 Å². The zero-order valence-electron chi connectivity index (χ0n) is 11.5. The number of rotatable bonds is 6. The van der Waals surface area contributed by atoms with E-state index in [0.29, 0.717) is 5.75 Å². The maximum absolute atomic E-state index is 11.6. The maximum atomic E-state index is 11.6. The topological polar surface area (TPSA) is 59.5 Å². The highest BCUT2D eigenvalue weighted by atomic mass is 32.2. The van der Waals surface area contributed by atoms with Crippen molar-refractivity contribution >= 4 is 17.7 Å². The Bertz CT molecular complexity index is 390. The van der Waals surface area contributed by atoms with E-state index in [1.54, 1.807) is 30.8 Å². The van der Waals surface area contributed by atoms with Gasteiger partial charge in [0, 0.05) is 20.1 Å². The van der Waals surface area contributed by atoms with Gasteiger partial charge in [0.05, 0.1) is 11.0 Å². The summed E-state index contributed by atoms with van der Waals surface area (Å²) < 4.78 is 5.64. The molecule has 0 spiro atoms. The minimum atomic E-state index is -0.00416. The molecule has 18 heavy (non-hydrogen) atoms. The first-order valence-corrected chi connectivity index (χ1v) is 7.14. The zero-order chi connectivity index (χ0) is 13.7. The van der Waals surface area contributed by atoms with Crippen molar-refractivity contribution < 1.29 is 9.21 Å². The lowest BCUT2D eigenvalue weighted by Gasteiger charge is -2.21. The van der Waals surface area contributed by atoms with Crippen LogP contribution in [0.5, 0.6) is 0 Å². The Hall–Kier alpha value is -0.940. The zero-order valence-corrected chi connectivity index (χ0v) is 12.3. The Morgan fingerprint density at radius 3 is 2.61 bits per heavy atom. The molecule has 1 rings (SSSR count). The summed E-state index contributed by atoms with van der Waals surface area (Å²) in [7, 11) is 3.52. The first kappa shape index (κ1) is 15.1. The lowest BCUT2D eigenvalue weighted by atomic mass is 10.1. The third kappa shape index (κ3) is 4.07. The molecule has 1 heterocycles. The van der Waals surface area contributed by atoms with E-state index in [9.17, 15) is 4.79 Å². The lowest BCUT2D eigenvalue weighted by Crippen LogP contribution is -2.28. The molecule has 1 amide bonds. The van der Waals surface area contributed by atoms with Gasteiger partial charge in [-0.2, -0.15) is 0 Å². The summed E-state index contributed by atoms with van der Waals surface area (Å²) in [5.41, 5.74) is 6.12. The Morgan fingerprint density at radius 2 is 2.17 bits per heavy atom. The number of hydrogen-bond donors (Lipinski definition) is 1. The molecule has 0 radical (unpaired) electrons. The summed E-state index contributed by atoms with van der Waals surface area (Å²) in [6.45, 7) is 3.95. The van der Waals surface area contributed by atoms with E-state index in [4.69, 9.17) is 10.2 Å². The SMILES string of the molecule is CCC(N)C(SCC(=O)N(C)C)c1ccc(C)o1. The van der Waals surface area contributed by atoms with Gasteiger partial charge in [-0.1, -0.05) is 6.92 Å². The fourth-order valence-electron chi connectivity index (χ4n) is 1.53. The minimum Gasteiger partial charge on any atom is -0.465 e. The third-order valence-electron chi connectivity index (χ3n) is 2.79. The number of thioether (sulfide) groups is 1. The number of furan rings is 1. The molecule has 0 aliphatic carbocycles. The smallest absolute Gasteiger partial charge is 0.232 e. The van der Waals surface area contributed by atoms with Crippen LogP contribution in [-0.4, -0.2) is 36.7 Å². The Labute approximate surface area is 113 Å². The van der Waals surface area contributed by atoms with Gasteiger partial charge >= 0.3 is 0 Å². The molecule has 1 aromatic rings. The second-order valence-corrected chi connectivity index (χ2v) is 5.67. The van der Waals surface area contributed by atoms with E-state index >= 15 is 0 Å². The first-order chi connectivity index (χ1) is 8.45. The van der Waals surface area contributed by atoms with Crippen LogP contribution >= 0.6 is 11.8 Å². The Balaban J connectivity index is 2.71. The average molecular weight is 270 g/mol. The van der Waals surface area contributed by atoms with E-state index in [1.165, 1.54) is 0 Å². The van der Waals surface area contributed by atoms with Gasteiger partial charge in [0.25, 0.3) is 0 Å². The molecule has 5 heteroatoms. The fourth-order valence-corrected chi connectivity index (χ4v) is 2.84. The minimum absolute atomic E-state index is 0.00416. The van der Waals surface area contributed by atoms with Crippen LogP contribution in [0.2, 0.25) is 0 Å². The van der Waals surface area contributed by atoms with Crippen LogP contribution in [0, 0.1) is 6.92 Å². The molecule has 4 nitrogen and oxygen atoms in total. The standard InChI is InChI=1S/C13H22N2O2S/c1-5-10(14)13(11-7-6-9(2)17-11)18-8-12(16)15(3)4/h6-7,10,13H,5,8,14H2,1-4H3. The largest absolute Gasteiger partial charge is 0.465 e. The summed E-state index contributed by atoms with van der Waals surface area (Å²) >= 11 is 1.55. The van der Waals surface area contributed by atoms with Gasteiger partial charge in [0.1, 0.15) is 11.5 Å². The van der Waals surface area contributed by atoms with Crippen LogP contribution in [0.1, 0.15) is 30.1 Å². The molecule has 2 unspecified atom stereocenters. The third-order valence-corrected chi connectivity index (χ3v) is 4.14. The molecular weight excluding hydrogens is 248 g/mol. The summed E-state index contributed by atoms with van der Waals surface area (Å²) in [4.78, 5) is 13.2. The van der Waals surface area contributed by atoms with Crippen molar-refractivity contribution in [3.05, 3.63) is 23.7 Å². The Morgan fingerprint density at radius 1 is 1.50 bits per heavy atom. The van der Waals surface area contributed by atoms with E-state index < -0.39 is 0 Å². The van der Waals surface area contributed by atoms with E-state index in [-0.39, 0.29) is 17.2 Å². The molecule has 102 valence electrons. The highest BCUT2D eigenvalue weighted by Gasteiger charge is 2.23. The van der Waals surface area contributed by atoms with Gasteiger partial charge in [-0.15, -0.1) is 11.8 Å². The molecule has 0 aliphatic heterocycles. The number of carbonyl (C=O) groups is 1. The molecule has 0 aliphatic rings. The average Bonchev–Trinajstić information content (AvgIpc) is 2.75. The van der Waals surface area contributed by atoms with E-state index in [2.05, 4.69) is 0 Å². The van der Waals surface area contributed by atoms with Gasteiger partial charge in [0.15, 0.2) is 0 Å². The van der Waals surface area contributed by atoms with Crippen molar-refractivity contribution in [1.82, 2.24) is 4.90 Å². The molecule has 2 N–H and O–H groups in total. The van der Waals surface area contributed by atoms with Crippen LogP contribution < -0.4 is 5.73 Å². The fraction of sp³-hybridized carbons (Fsp3) is 0.615. The molecule has 0 aromatic carbocycles. The Kier molecular flexibility index (Phi) is 5.75. The quantitative estimate of drug-likeness (QED) is 0.861. The predicted molar refractivity (Wildman–Crippen MR) is 75.6 cm³/mol. The van der Waals surface area contributed by atoms with Crippen molar-refractivity contribution in [3.63, 3.8) is 0 Å². The van der Waals surface area contributed by atoms with Crippen LogP contribution in [-0.2, 0) is 4.79 Å². The monoisotopic (exact) mass is 270 g/mol. The van der Waals surface area contributed by atoms with Crippen LogP contribution in [0.15, 0.2) is 16.5 Å². The van der Waals surface area contributed by atoms with E-state index in [1.807, 2.05) is 26.0 Å². The van der Waals surface area contributed by atoms with Crippen molar-refractivity contribution in [3.8, 4) is 0 Å². The molecule has 0 bridgehead atoms. The first-order valence-electron chi connectivity index (χ1n) is 6.09. The molecular formula is C13H22N2O2S. The van der Waals surface area contributed by atoms with Crippen molar-refractivity contribution in [1.29, 1.82) is 0 Å². The molecule has 1 aromatic heterocycles. The van der Waals surface area contributed by atoms with Crippen LogP contribution in [0.3, 0.4) is 0 Å². The van der Waals surface area contributed by atoms with Crippen molar-refractivity contribution in [2.24, 2.45) is 5.73 Å². The summed E-state index contributed by atoms with van der Waals surface area (Å²) in [5.74, 6) is 2.25. The van der Waals surface area contributed by atoms with Crippen molar-refractivity contribution in [2.75, 3.05) is 19.8 Å². The van der Waals surface area contributed by atoms with Crippen LogP contribution in [0.25, 0.3) is 0 Å². The number of nitrogens with zero attached hydrogens (tertiary/aromatic N) is 1. The van der Waals surface area contributed by atoms with Gasteiger partial charge in [-0.05, 0) is 25.5 Å². The summed E-state index contributed by atoms with van der Waals surface area (Å²) in [6.07, 6.45) is 0.855. The van der Waals surface area contributed by atoms with Gasteiger partial charge in [-0.3, -0.25) is 4.79 Å². The second kappa shape index (κ2) is 6.85. The molecule has 0 saturated heterocycles. The molecule has 0 fully saturated rings. The summed E-state index contributed by atoms with van der Waals surface area (Å²) in [5, 5.41) is 0.0348. The second-order valence-electron chi connectivity index (χ2n) is 4.54. The number of carbonyl (C=O) groups excluding carboxylic acids is 1. The predicted octanol–water partition coefficient (Wildman–Crippen LogP) is 2.19. The highest BCUT2D eigenvalue weighted by molar-refractivity contribution is 8.00. The maximum Gasteiger partial charge on any atom is 0.232 e. The molecule has 2 atom stereocenters. The number of aryl methyl sites for hydroxylation is 1. The van der Waals surface area contributed by atoms with Gasteiger partial charge in [0.2, 0.25) is 5.91 Å². The number of hydrogen-bond acceptors (Lipinski definition) is 4. The highest BCUT2D eigenvalue weighted by Crippen LogP contribution is 2.33. The van der Waals surface area contributed by atoms with Gasteiger partial charge < -0.3 is 15.1 Å². The van der Waals surface area contributed by atoms with Crippen molar-refractivity contribution in [2.45, 2.75) is 31.6 Å². The van der Waals surface area contributed by atoms with Gasteiger partial charge in [-0.25, -0.2) is 0 Å². The molecule has 0 saturated carbocycles. The number of nitrogens with two attached hydrogens (primary N) is 1. The summed E-state index contributed by atoms with van der Waals surface area (Å²) in [6, 6.07) is 3.87. The normalized spacial score (nSPS) is 14.3.